The van der Waals surface area contributed by atoms with Gasteiger partial charge in [-0.05, 0) is 13.8 Å². The van der Waals surface area contributed by atoms with E-state index in [1.807, 2.05) is 19.9 Å². The fourth-order valence-corrected chi connectivity index (χ4v) is 2.39. The lowest BCUT2D eigenvalue weighted by Gasteiger charge is -2.33. The van der Waals surface area contributed by atoms with Gasteiger partial charge in [-0.25, -0.2) is 9.97 Å². The number of carbonyl (C=O) groups excluding carboxylic acids is 1. The first-order valence-electron chi connectivity index (χ1n) is 7.14. The predicted octanol–water partition coefficient (Wildman–Crippen LogP) is 1.10. The summed E-state index contributed by atoms with van der Waals surface area (Å²) < 4.78 is 5.03. The molecule has 0 saturated carbocycles. The van der Waals surface area contributed by atoms with E-state index in [1.165, 1.54) is 0 Å². The Kier molecular flexibility index (Phi) is 3.90. The highest BCUT2D eigenvalue weighted by Gasteiger charge is 2.18. The summed E-state index contributed by atoms with van der Waals surface area (Å²) >= 11 is 0. The first-order chi connectivity index (χ1) is 10.6. The zero-order valence-electron chi connectivity index (χ0n) is 12.6. The number of rotatable bonds is 4. The molecule has 116 valence electrons. The van der Waals surface area contributed by atoms with Crippen molar-refractivity contribution in [2.75, 3.05) is 36.4 Å². The lowest BCUT2D eigenvalue weighted by Crippen LogP contribution is -2.46. The summed E-state index contributed by atoms with van der Waals surface area (Å²) in [5.41, 5.74) is 0. The Bertz CT molecular complexity index is 663. The Morgan fingerprint density at radius 1 is 1.14 bits per heavy atom. The van der Waals surface area contributed by atoms with Crippen molar-refractivity contribution in [2.45, 2.75) is 13.8 Å². The van der Waals surface area contributed by atoms with Gasteiger partial charge in [0.2, 0.25) is 6.41 Å². The van der Waals surface area contributed by atoms with Crippen LogP contribution in [0.4, 0.5) is 17.5 Å². The number of anilines is 3. The maximum absolute atomic E-state index is 10.8. The summed E-state index contributed by atoms with van der Waals surface area (Å²) in [7, 11) is 0. The Labute approximate surface area is 128 Å². The van der Waals surface area contributed by atoms with Gasteiger partial charge in [-0.1, -0.05) is 5.16 Å². The second-order valence-corrected chi connectivity index (χ2v) is 5.23. The number of aryl methyl sites for hydroxylation is 2. The summed E-state index contributed by atoms with van der Waals surface area (Å²) in [6.45, 7) is 6.62. The average Bonchev–Trinajstić information content (AvgIpc) is 2.92. The fraction of sp³-hybridized carbons (Fsp3) is 0.429. The van der Waals surface area contributed by atoms with Crippen LogP contribution in [0.5, 0.6) is 0 Å². The van der Waals surface area contributed by atoms with E-state index in [2.05, 4.69) is 25.3 Å². The summed E-state index contributed by atoms with van der Waals surface area (Å²) in [5, 5.41) is 7.01. The second-order valence-electron chi connectivity index (χ2n) is 5.23. The van der Waals surface area contributed by atoms with Crippen molar-refractivity contribution >= 4 is 23.9 Å². The Hall–Kier alpha value is -2.64. The van der Waals surface area contributed by atoms with Gasteiger partial charge in [0, 0.05) is 38.3 Å². The summed E-state index contributed by atoms with van der Waals surface area (Å²) in [4.78, 5) is 23.5. The molecule has 0 aromatic carbocycles. The predicted molar refractivity (Wildman–Crippen MR) is 81.1 cm³/mol. The minimum absolute atomic E-state index is 0.618. The minimum atomic E-state index is 0.618. The van der Waals surface area contributed by atoms with Crippen LogP contribution >= 0.6 is 0 Å². The molecule has 1 N–H and O–H groups in total. The lowest BCUT2D eigenvalue weighted by molar-refractivity contribution is -0.118. The Morgan fingerprint density at radius 3 is 2.55 bits per heavy atom. The average molecular weight is 302 g/mol. The van der Waals surface area contributed by atoms with Crippen LogP contribution < -0.4 is 10.2 Å². The molecule has 22 heavy (non-hydrogen) atoms. The topological polar surface area (TPSA) is 87.4 Å². The summed E-state index contributed by atoms with van der Waals surface area (Å²) in [6.07, 6.45) is 0.891. The number of hydrogen-bond donors (Lipinski definition) is 1. The molecule has 1 amide bonds. The highest BCUT2D eigenvalue weighted by molar-refractivity contribution is 5.57. The number of piperazine rings is 1. The van der Waals surface area contributed by atoms with Crippen LogP contribution in [0, 0.1) is 13.8 Å². The molecule has 8 heteroatoms. The molecule has 1 aliphatic heterocycles. The second kappa shape index (κ2) is 6.00. The van der Waals surface area contributed by atoms with Gasteiger partial charge >= 0.3 is 0 Å². The maximum Gasteiger partial charge on any atom is 0.209 e. The molecule has 0 bridgehead atoms. The maximum atomic E-state index is 10.8. The van der Waals surface area contributed by atoms with E-state index in [0.717, 1.165) is 31.1 Å². The standard InChI is InChI=1S/C14H18N6O2/c1-10-7-13(18-22-10)17-12-8-14(16-11(2)15-12)20-5-3-19(9-21)4-6-20/h7-9H,3-6H2,1-2H3,(H,15,16,17,18). The number of hydrogen-bond acceptors (Lipinski definition) is 7. The molecule has 8 nitrogen and oxygen atoms in total. The minimum Gasteiger partial charge on any atom is -0.360 e. The number of amides is 1. The largest absolute Gasteiger partial charge is 0.360 e. The Morgan fingerprint density at radius 2 is 1.91 bits per heavy atom. The molecule has 0 unspecified atom stereocenters. The SMILES string of the molecule is Cc1nc(Nc2cc(C)on2)cc(N2CCN(C=O)CC2)n1. The normalized spacial score (nSPS) is 15.0. The number of carbonyl (C=O) groups is 1. The van der Waals surface area contributed by atoms with Crippen molar-refractivity contribution < 1.29 is 9.32 Å². The van der Waals surface area contributed by atoms with E-state index in [0.29, 0.717) is 30.5 Å². The van der Waals surface area contributed by atoms with Gasteiger partial charge in [-0.2, -0.15) is 0 Å². The smallest absolute Gasteiger partial charge is 0.209 e. The number of aromatic nitrogens is 3. The quantitative estimate of drug-likeness (QED) is 0.846. The van der Waals surface area contributed by atoms with Crippen LogP contribution in [0.1, 0.15) is 11.6 Å². The fourth-order valence-electron chi connectivity index (χ4n) is 2.39. The van der Waals surface area contributed by atoms with Crippen LogP contribution in [0.3, 0.4) is 0 Å². The third kappa shape index (κ3) is 3.16. The third-order valence-electron chi connectivity index (χ3n) is 3.50. The van der Waals surface area contributed by atoms with Crippen molar-refractivity contribution in [2.24, 2.45) is 0 Å². The number of nitrogens with zero attached hydrogens (tertiary/aromatic N) is 5. The van der Waals surface area contributed by atoms with E-state index in [4.69, 9.17) is 4.52 Å². The highest BCUT2D eigenvalue weighted by atomic mass is 16.5. The van der Waals surface area contributed by atoms with E-state index in [9.17, 15) is 4.79 Å². The van der Waals surface area contributed by atoms with Crippen molar-refractivity contribution in [1.29, 1.82) is 0 Å². The molecule has 0 radical (unpaired) electrons. The van der Waals surface area contributed by atoms with Crippen LogP contribution in [0.25, 0.3) is 0 Å². The monoisotopic (exact) mass is 302 g/mol. The molecule has 1 fully saturated rings. The molecular weight excluding hydrogens is 284 g/mol. The van der Waals surface area contributed by atoms with Gasteiger partial charge < -0.3 is 19.6 Å². The third-order valence-corrected chi connectivity index (χ3v) is 3.50. The van der Waals surface area contributed by atoms with Crippen molar-refractivity contribution in [3.8, 4) is 0 Å². The molecule has 2 aromatic rings. The van der Waals surface area contributed by atoms with Gasteiger partial charge in [-0.15, -0.1) is 0 Å². The molecule has 2 aromatic heterocycles. The molecule has 1 saturated heterocycles. The van der Waals surface area contributed by atoms with E-state index < -0.39 is 0 Å². The summed E-state index contributed by atoms with van der Waals surface area (Å²) in [5.74, 6) is 3.55. The molecule has 3 rings (SSSR count). The number of nitrogens with one attached hydrogen (secondary N) is 1. The van der Waals surface area contributed by atoms with E-state index in [-0.39, 0.29) is 0 Å². The molecular formula is C14H18N6O2. The summed E-state index contributed by atoms with van der Waals surface area (Å²) in [6, 6.07) is 3.69. The molecule has 0 atom stereocenters. The lowest BCUT2D eigenvalue weighted by atomic mass is 10.3. The van der Waals surface area contributed by atoms with Gasteiger partial charge in [0.25, 0.3) is 0 Å². The highest BCUT2D eigenvalue weighted by Crippen LogP contribution is 2.20. The molecule has 1 aliphatic rings. The van der Waals surface area contributed by atoms with Crippen LogP contribution in [-0.4, -0.2) is 52.6 Å². The molecule has 0 spiro atoms. The van der Waals surface area contributed by atoms with Crippen LogP contribution in [-0.2, 0) is 4.79 Å². The van der Waals surface area contributed by atoms with Gasteiger partial charge in [0.15, 0.2) is 5.82 Å². The van der Waals surface area contributed by atoms with E-state index >= 15 is 0 Å². The zero-order valence-corrected chi connectivity index (χ0v) is 12.6. The molecule has 0 aliphatic carbocycles. The van der Waals surface area contributed by atoms with Gasteiger partial charge in [-0.3, -0.25) is 4.79 Å². The first kappa shape index (κ1) is 14.3. The zero-order chi connectivity index (χ0) is 15.5. The van der Waals surface area contributed by atoms with Crippen molar-refractivity contribution in [1.82, 2.24) is 20.0 Å². The van der Waals surface area contributed by atoms with Gasteiger partial charge in [0.1, 0.15) is 23.2 Å². The first-order valence-corrected chi connectivity index (χ1v) is 7.14. The van der Waals surface area contributed by atoms with Crippen molar-refractivity contribution in [3.63, 3.8) is 0 Å². The van der Waals surface area contributed by atoms with E-state index in [1.54, 1.807) is 11.0 Å². The van der Waals surface area contributed by atoms with Crippen LogP contribution in [0.2, 0.25) is 0 Å². The Balaban J connectivity index is 1.76. The van der Waals surface area contributed by atoms with Crippen molar-refractivity contribution in [3.05, 3.63) is 23.7 Å². The van der Waals surface area contributed by atoms with Gasteiger partial charge in [0.05, 0.1) is 0 Å². The van der Waals surface area contributed by atoms with Crippen LogP contribution in [0.15, 0.2) is 16.7 Å². The molecule has 3 heterocycles.